The minimum Gasteiger partial charge on any atom is -0.476 e. The van der Waals surface area contributed by atoms with E-state index in [0.29, 0.717) is 13.1 Å². The smallest absolute Gasteiger partial charge is 0.358 e. The van der Waals surface area contributed by atoms with Crippen molar-refractivity contribution in [3.05, 3.63) is 11.9 Å². The fourth-order valence-corrected chi connectivity index (χ4v) is 1.58. The van der Waals surface area contributed by atoms with Gasteiger partial charge in [-0.3, -0.25) is 4.79 Å². The molecule has 1 aliphatic heterocycles. The molecule has 7 heteroatoms. The average Bonchev–Trinajstić information content (AvgIpc) is 2.65. The van der Waals surface area contributed by atoms with Crippen molar-refractivity contribution in [2.45, 2.75) is 12.5 Å². The highest BCUT2D eigenvalue weighted by Crippen LogP contribution is 2.20. The minimum absolute atomic E-state index is 0.0164. The summed E-state index contributed by atoms with van der Waals surface area (Å²) < 4.78 is 1.46. The predicted molar refractivity (Wildman–Crippen MR) is 56.0 cm³/mol. The van der Waals surface area contributed by atoms with Crippen molar-refractivity contribution < 1.29 is 14.7 Å². The molecule has 1 aliphatic rings. The van der Waals surface area contributed by atoms with Gasteiger partial charge < -0.3 is 10.0 Å². The number of carboxylic acid groups (broad SMARTS) is 1. The fraction of sp³-hybridized carbons (Fsp3) is 0.400. The lowest BCUT2D eigenvalue weighted by molar-refractivity contribution is -0.136. The van der Waals surface area contributed by atoms with Crippen LogP contribution in [0.1, 0.15) is 23.0 Å². The Morgan fingerprint density at radius 3 is 2.82 bits per heavy atom. The van der Waals surface area contributed by atoms with E-state index >= 15 is 0 Å². The number of nitrogens with zero attached hydrogens (tertiary/aromatic N) is 4. The van der Waals surface area contributed by atoms with Crippen LogP contribution in [0.5, 0.6) is 0 Å². The van der Waals surface area contributed by atoms with Gasteiger partial charge in [0, 0.05) is 13.1 Å². The summed E-state index contributed by atoms with van der Waals surface area (Å²) in [5.74, 6) is 1.08. The Morgan fingerprint density at radius 2 is 2.29 bits per heavy atom. The highest BCUT2D eigenvalue weighted by molar-refractivity contribution is 5.84. The van der Waals surface area contributed by atoms with Crippen LogP contribution in [-0.4, -0.2) is 50.0 Å². The van der Waals surface area contributed by atoms with Crippen molar-refractivity contribution >= 4 is 11.9 Å². The maximum absolute atomic E-state index is 11.4. The number of aromatic carboxylic acids is 1. The summed E-state index contributed by atoms with van der Waals surface area (Å²) in [6.07, 6.45) is 6.48. The second kappa shape index (κ2) is 4.25. The number of carboxylic acids is 1. The summed E-state index contributed by atoms with van der Waals surface area (Å²) in [5.41, 5.74) is -0.0987. The number of likely N-dealkylation sites (tertiary alicyclic amines) is 1. The summed E-state index contributed by atoms with van der Waals surface area (Å²) in [4.78, 5) is 23.6. The van der Waals surface area contributed by atoms with Gasteiger partial charge in [-0.1, -0.05) is 11.1 Å². The normalized spacial score (nSPS) is 15.1. The molecule has 7 nitrogen and oxygen atoms in total. The molecule has 2 heterocycles. The van der Waals surface area contributed by atoms with Crippen LogP contribution in [-0.2, 0) is 4.79 Å². The largest absolute Gasteiger partial charge is 0.476 e. The van der Waals surface area contributed by atoms with E-state index in [4.69, 9.17) is 11.5 Å². The Kier molecular flexibility index (Phi) is 2.78. The molecule has 1 aromatic heterocycles. The molecule has 0 bridgehead atoms. The highest BCUT2D eigenvalue weighted by Gasteiger charge is 2.32. The SMILES string of the molecule is C#CCC(=O)N1CC(n2cc(C(=O)O)nn2)C1. The zero-order valence-corrected chi connectivity index (χ0v) is 8.91. The Bertz CT molecular complexity index is 496. The van der Waals surface area contributed by atoms with Gasteiger partial charge in [0.2, 0.25) is 5.91 Å². The first-order chi connectivity index (χ1) is 8.11. The molecule has 1 N–H and O–H groups in total. The standard InChI is InChI=1S/C10H10N4O3/c1-2-3-9(15)13-4-7(5-13)14-6-8(10(16)17)11-12-14/h1,6-7H,3-5H2,(H,16,17). The van der Waals surface area contributed by atoms with E-state index in [1.807, 2.05) is 0 Å². The molecule has 1 amide bonds. The zero-order chi connectivity index (χ0) is 12.4. The lowest BCUT2D eigenvalue weighted by Gasteiger charge is -2.38. The van der Waals surface area contributed by atoms with Crippen molar-refractivity contribution in [2.24, 2.45) is 0 Å². The van der Waals surface area contributed by atoms with Crippen molar-refractivity contribution in [2.75, 3.05) is 13.1 Å². The molecule has 2 rings (SSSR count). The van der Waals surface area contributed by atoms with E-state index in [-0.39, 0.29) is 24.1 Å². The van der Waals surface area contributed by atoms with Gasteiger partial charge in [0.1, 0.15) is 0 Å². The number of carbonyl (C=O) groups excluding carboxylic acids is 1. The number of hydrogen-bond donors (Lipinski definition) is 1. The summed E-state index contributed by atoms with van der Waals surface area (Å²) in [6.45, 7) is 0.978. The predicted octanol–water partition coefficient (Wildman–Crippen LogP) is -0.617. The molecule has 1 saturated heterocycles. The number of aromatic nitrogens is 3. The summed E-state index contributed by atoms with van der Waals surface area (Å²) in [5, 5.41) is 15.9. The van der Waals surface area contributed by atoms with Crippen LogP contribution < -0.4 is 0 Å². The topological polar surface area (TPSA) is 88.3 Å². The average molecular weight is 234 g/mol. The van der Waals surface area contributed by atoms with E-state index in [1.165, 1.54) is 10.9 Å². The van der Waals surface area contributed by atoms with Gasteiger partial charge in [-0.2, -0.15) is 0 Å². The van der Waals surface area contributed by atoms with Crippen LogP contribution >= 0.6 is 0 Å². The molecule has 0 spiro atoms. The van der Waals surface area contributed by atoms with Gasteiger partial charge in [-0.05, 0) is 0 Å². The zero-order valence-electron chi connectivity index (χ0n) is 8.91. The monoisotopic (exact) mass is 234 g/mol. The molecule has 0 aromatic carbocycles. The van der Waals surface area contributed by atoms with Crippen LogP contribution in [0, 0.1) is 12.3 Å². The van der Waals surface area contributed by atoms with Gasteiger partial charge in [-0.15, -0.1) is 11.5 Å². The van der Waals surface area contributed by atoms with Crippen molar-refractivity contribution in [3.63, 3.8) is 0 Å². The molecule has 88 valence electrons. The van der Waals surface area contributed by atoms with Gasteiger partial charge in [0.15, 0.2) is 5.69 Å². The molecule has 1 aromatic rings. The second-order valence-electron chi connectivity index (χ2n) is 3.72. The lowest BCUT2D eigenvalue weighted by Crippen LogP contribution is -2.50. The third-order valence-corrected chi connectivity index (χ3v) is 2.57. The summed E-state index contributed by atoms with van der Waals surface area (Å²) >= 11 is 0. The van der Waals surface area contributed by atoms with E-state index in [2.05, 4.69) is 16.2 Å². The summed E-state index contributed by atoms with van der Waals surface area (Å²) in [6, 6.07) is -0.0164. The van der Waals surface area contributed by atoms with Crippen molar-refractivity contribution in [3.8, 4) is 12.3 Å². The van der Waals surface area contributed by atoms with Gasteiger partial charge in [0.25, 0.3) is 0 Å². The highest BCUT2D eigenvalue weighted by atomic mass is 16.4. The van der Waals surface area contributed by atoms with Gasteiger partial charge >= 0.3 is 5.97 Å². The maximum atomic E-state index is 11.4. The Hall–Kier alpha value is -2.36. The Morgan fingerprint density at radius 1 is 1.59 bits per heavy atom. The van der Waals surface area contributed by atoms with E-state index < -0.39 is 5.97 Å². The number of amides is 1. The molecule has 0 radical (unpaired) electrons. The Labute approximate surface area is 97.0 Å². The molecular formula is C10H10N4O3. The molecular weight excluding hydrogens is 224 g/mol. The maximum Gasteiger partial charge on any atom is 0.358 e. The molecule has 0 aliphatic carbocycles. The number of hydrogen-bond acceptors (Lipinski definition) is 4. The van der Waals surface area contributed by atoms with E-state index in [9.17, 15) is 9.59 Å². The first kappa shape index (κ1) is 11.1. The molecule has 0 unspecified atom stereocenters. The molecule has 1 fully saturated rings. The third-order valence-electron chi connectivity index (χ3n) is 2.57. The number of rotatable bonds is 3. The third kappa shape index (κ3) is 2.10. The van der Waals surface area contributed by atoms with Crippen LogP contribution in [0.25, 0.3) is 0 Å². The van der Waals surface area contributed by atoms with Crippen LogP contribution in [0.2, 0.25) is 0 Å². The first-order valence-electron chi connectivity index (χ1n) is 4.98. The number of terminal acetylenes is 1. The van der Waals surface area contributed by atoms with Crippen LogP contribution in [0.3, 0.4) is 0 Å². The molecule has 0 saturated carbocycles. The lowest BCUT2D eigenvalue weighted by atomic mass is 10.1. The van der Waals surface area contributed by atoms with Crippen molar-refractivity contribution in [1.82, 2.24) is 19.9 Å². The quantitative estimate of drug-likeness (QED) is 0.704. The summed E-state index contributed by atoms with van der Waals surface area (Å²) in [7, 11) is 0. The Balaban J connectivity index is 1.93. The molecule has 0 atom stereocenters. The van der Waals surface area contributed by atoms with Gasteiger partial charge in [-0.25, -0.2) is 9.48 Å². The van der Waals surface area contributed by atoms with Crippen molar-refractivity contribution in [1.29, 1.82) is 0 Å². The minimum atomic E-state index is -1.11. The van der Waals surface area contributed by atoms with Gasteiger partial charge in [0.05, 0.1) is 18.7 Å². The first-order valence-corrected chi connectivity index (χ1v) is 4.98. The fourth-order valence-electron chi connectivity index (χ4n) is 1.58. The van der Waals surface area contributed by atoms with Crippen LogP contribution in [0.4, 0.5) is 0 Å². The second-order valence-corrected chi connectivity index (χ2v) is 3.72. The van der Waals surface area contributed by atoms with E-state index in [0.717, 1.165) is 0 Å². The van der Waals surface area contributed by atoms with E-state index in [1.54, 1.807) is 4.90 Å². The van der Waals surface area contributed by atoms with Crippen LogP contribution in [0.15, 0.2) is 6.20 Å². The number of carbonyl (C=O) groups is 2. The molecule has 17 heavy (non-hydrogen) atoms.